The summed E-state index contributed by atoms with van der Waals surface area (Å²) in [5, 5.41) is 14.5. The quantitative estimate of drug-likeness (QED) is 0.509. The zero-order valence-corrected chi connectivity index (χ0v) is 10.0. The number of non-ortho nitro benzene ring substituents is 1. The second-order valence-electron chi connectivity index (χ2n) is 4.14. The van der Waals surface area contributed by atoms with Gasteiger partial charge in [-0.2, -0.15) is 0 Å². The van der Waals surface area contributed by atoms with Gasteiger partial charge in [0.05, 0.1) is 10.4 Å². The summed E-state index contributed by atoms with van der Waals surface area (Å²) in [6.45, 7) is 6.38. The predicted molar refractivity (Wildman–Crippen MR) is 71.7 cm³/mol. The lowest BCUT2D eigenvalue weighted by molar-refractivity contribution is -0.384. The molecule has 1 N–H and O–H groups in total. The number of hydrogen-bond acceptors (Lipinski definition) is 4. The Bertz CT molecular complexity index is 623. The minimum Gasteiger partial charge on any atom is -0.366 e. The molecule has 0 atom stereocenters. The van der Waals surface area contributed by atoms with Crippen LogP contribution < -0.4 is 5.32 Å². The topological polar surface area (TPSA) is 68.1 Å². The number of nitrogens with one attached hydrogen (secondary N) is 1. The summed E-state index contributed by atoms with van der Waals surface area (Å²) < 4.78 is 0. The number of nitrogens with zero attached hydrogens (tertiary/aromatic N) is 2. The van der Waals surface area contributed by atoms with Gasteiger partial charge in [0, 0.05) is 24.1 Å². The highest BCUT2D eigenvalue weighted by Crippen LogP contribution is 2.21. The van der Waals surface area contributed by atoms with Crippen molar-refractivity contribution in [1.29, 1.82) is 0 Å². The molecular weight excluding hydrogens is 230 g/mol. The first kappa shape index (κ1) is 12.0. The minimum atomic E-state index is -0.410. The Balaban J connectivity index is 2.32. The van der Waals surface area contributed by atoms with Crippen molar-refractivity contribution in [1.82, 2.24) is 4.98 Å². The van der Waals surface area contributed by atoms with Crippen molar-refractivity contribution in [2.45, 2.75) is 6.92 Å². The molecule has 18 heavy (non-hydrogen) atoms. The molecule has 1 heterocycles. The van der Waals surface area contributed by atoms with Gasteiger partial charge in [-0.3, -0.25) is 10.1 Å². The van der Waals surface area contributed by atoms with Gasteiger partial charge < -0.3 is 5.32 Å². The Morgan fingerprint density at radius 3 is 2.89 bits per heavy atom. The van der Waals surface area contributed by atoms with Crippen LogP contribution in [0.1, 0.15) is 6.92 Å². The summed E-state index contributed by atoms with van der Waals surface area (Å²) >= 11 is 0. The van der Waals surface area contributed by atoms with Gasteiger partial charge >= 0.3 is 0 Å². The van der Waals surface area contributed by atoms with Gasteiger partial charge in [0.25, 0.3) is 5.69 Å². The minimum absolute atomic E-state index is 0.0759. The number of nitro benzene ring substituents is 1. The Morgan fingerprint density at radius 2 is 2.22 bits per heavy atom. The van der Waals surface area contributed by atoms with E-state index in [4.69, 9.17) is 0 Å². The molecule has 0 aliphatic heterocycles. The third kappa shape index (κ3) is 2.63. The van der Waals surface area contributed by atoms with Crippen molar-refractivity contribution in [3.8, 4) is 0 Å². The maximum absolute atomic E-state index is 10.7. The maximum Gasteiger partial charge on any atom is 0.270 e. The summed E-state index contributed by atoms with van der Waals surface area (Å²) in [5.74, 6) is 0.736. The van der Waals surface area contributed by atoms with E-state index in [2.05, 4.69) is 16.9 Å². The van der Waals surface area contributed by atoms with Crippen LogP contribution in [0.15, 0.2) is 42.5 Å². The normalized spacial score (nSPS) is 10.3. The molecule has 5 heteroatoms. The molecule has 0 saturated carbocycles. The molecule has 0 fully saturated rings. The molecular formula is C13H13N3O2. The van der Waals surface area contributed by atoms with Gasteiger partial charge in [-0.25, -0.2) is 4.98 Å². The number of benzene rings is 1. The van der Waals surface area contributed by atoms with Crippen LogP contribution in [0.2, 0.25) is 0 Å². The van der Waals surface area contributed by atoms with Crippen molar-refractivity contribution in [3.63, 3.8) is 0 Å². The molecule has 1 aromatic carbocycles. The number of anilines is 1. The second kappa shape index (κ2) is 4.83. The molecule has 2 rings (SSSR count). The Morgan fingerprint density at radius 1 is 1.44 bits per heavy atom. The van der Waals surface area contributed by atoms with Gasteiger partial charge in [0.15, 0.2) is 0 Å². The van der Waals surface area contributed by atoms with E-state index in [-0.39, 0.29) is 5.69 Å². The highest BCUT2D eigenvalue weighted by molar-refractivity contribution is 5.82. The average Bonchev–Trinajstić information content (AvgIpc) is 2.35. The maximum atomic E-state index is 10.7. The first-order valence-electron chi connectivity index (χ1n) is 5.50. The van der Waals surface area contributed by atoms with E-state index >= 15 is 0 Å². The lowest BCUT2D eigenvalue weighted by Gasteiger charge is -2.06. The van der Waals surface area contributed by atoms with Crippen LogP contribution in [0.3, 0.4) is 0 Å². The van der Waals surface area contributed by atoms with E-state index in [1.165, 1.54) is 12.1 Å². The van der Waals surface area contributed by atoms with Gasteiger partial charge in [-0.1, -0.05) is 12.2 Å². The van der Waals surface area contributed by atoms with E-state index in [9.17, 15) is 10.1 Å². The Kier molecular flexibility index (Phi) is 3.23. The zero-order chi connectivity index (χ0) is 13.1. The van der Waals surface area contributed by atoms with Crippen molar-refractivity contribution >= 4 is 22.4 Å². The molecule has 0 radical (unpaired) electrons. The summed E-state index contributed by atoms with van der Waals surface area (Å²) in [6.07, 6.45) is 0. The van der Waals surface area contributed by atoms with E-state index in [0.717, 1.165) is 22.3 Å². The van der Waals surface area contributed by atoms with Crippen LogP contribution in [0, 0.1) is 10.1 Å². The lowest BCUT2D eigenvalue weighted by atomic mass is 10.2. The van der Waals surface area contributed by atoms with Gasteiger partial charge in [-0.15, -0.1) is 0 Å². The Hall–Kier alpha value is -2.43. The molecule has 0 amide bonds. The number of aromatic nitrogens is 1. The van der Waals surface area contributed by atoms with Crippen LogP contribution in [0.5, 0.6) is 0 Å². The van der Waals surface area contributed by atoms with Crippen LogP contribution in [-0.4, -0.2) is 16.5 Å². The molecule has 0 aliphatic rings. The first-order valence-corrected chi connectivity index (χ1v) is 5.50. The molecule has 0 saturated heterocycles. The number of rotatable bonds is 4. The first-order chi connectivity index (χ1) is 8.56. The monoisotopic (exact) mass is 243 g/mol. The molecule has 2 aromatic rings. The predicted octanol–water partition coefficient (Wildman–Crippen LogP) is 3.13. The average molecular weight is 243 g/mol. The Labute approximate surface area is 104 Å². The van der Waals surface area contributed by atoms with Crippen LogP contribution in [0.25, 0.3) is 10.9 Å². The summed E-state index contributed by atoms with van der Waals surface area (Å²) in [4.78, 5) is 14.6. The fourth-order valence-electron chi connectivity index (χ4n) is 1.57. The molecule has 0 aliphatic carbocycles. The largest absolute Gasteiger partial charge is 0.366 e. The van der Waals surface area contributed by atoms with Gasteiger partial charge in [-0.05, 0) is 25.1 Å². The third-order valence-corrected chi connectivity index (χ3v) is 2.45. The zero-order valence-electron chi connectivity index (χ0n) is 10.0. The van der Waals surface area contributed by atoms with Gasteiger partial charge in [0.2, 0.25) is 0 Å². The van der Waals surface area contributed by atoms with Crippen molar-refractivity contribution in [2.24, 2.45) is 0 Å². The smallest absolute Gasteiger partial charge is 0.270 e. The highest BCUT2D eigenvalue weighted by atomic mass is 16.6. The molecule has 5 nitrogen and oxygen atoms in total. The van der Waals surface area contributed by atoms with Crippen LogP contribution in [-0.2, 0) is 0 Å². The van der Waals surface area contributed by atoms with E-state index in [1.807, 2.05) is 13.0 Å². The lowest BCUT2D eigenvalue weighted by Crippen LogP contribution is -2.03. The SMILES string of the molecule is C=C(C)CNc1ccc2cc([N+](=O)[O-])ccc2n1. The van der Waals surface area contributed by atoms with Crippen molar-refractivity contribution < 1.29 is 4.92 Å². The number of hydrogen-bond donors (Lipinski definition) is 1. The van der Waals surface area contributed by atoms with E-state index in [1.54, 1.807) is 12.1 Å². The fourth-order valence-corrected chi connectivity index (χ4v) is 1.57. The summed E-state index contributed by atoms with van der Waals surface area (Å²) in [7, 11) is 0. The summed E-state index contributed by atoms with van der Waals surface area (Å²) in [5.41, 5.74) is 1.82. The molecule has 1 aromatic heterocycles. The van der Waals surface area contributed by atoms with Crippen LogP contribution >= 0.6 is 0 Å². The third-order valence-electron chi connectivity index (χ3n) is 2.45. The molecule has 0 bridgehead atoms. The number of nitro groups is 1. The van der Waals surface area contributed by atoms with E-state index < -0.39 is 4.92 Å². The molecule has 0 spiro atoms. The van der Waals surface area contributed by atoms with Crippen LogP contribution in [0.4, 0.5) is 11.5 Å². The highest BCUT2D eigenvalue weighted by Gasteiger charge is 2.06. The van der Waals surface area contributed by atoms with E-state index in [0.29, 0.717) is 6.54 Å². The number of fused-ring (bicyclic) bond motifs is 1. The van der Waals surface area contributed by atoms with Crippen molar-refractivity contribution in [2.75, 3.05) is 11.9 Å². The fraction of sp³-hybridized carbons (Fsp3) is 0.154. The number of pyridine rings is 1. The molecule has 0 unspecified atom stereocenters. The molecule has 92 valence electrons. The summed E-state index contributed by atoms with van der Waals surface area (Å²) in [6, 6.07) is 8.24. The van der Waals surface area contributed by atoms with Gasteiger partial charge in [0.1, 0.15) is 5.82 Å². The van der Waals surface area contributed by atoms with Crippen molar-refractivity contribution in [3.05, 3.63) is 52.6 Å². The second-order valence-corrected chi connectivity index (χ2v) is 4.14. The standard InChI is InChI=1S/C13H13N3O2/c1-9(2)8-14-13-6-3-10-7-11(16(17)18)4-5-12(10)15-13/h3-7H,1,8H2,2H3,(H,14,15).